The first-order valence-electron chi connectivity index (χ1n) is 6.97. The van der Waals surface area contributed by atoms with Crippen molar-refractivity contribution in [2.75, 3.05) is 7.05 Å². The fourth-order valence-electron chi connectivity index (χ4n) is 1.91. The molecule has 0 aliphatic rings. The van der Waals surface area contributed by atoms with Gasteiger partial charge in [-0.3, -0.25) is 0 Å². The van der Waals surface area contributed by atoms with Crippen LogP contribution in [0.2, 0.25) is 0 Å². The first kappa shape index (κ1) is 15.0. The molecule has 1 heterocycles. The van der Waals surface area contributed by atoms with Crippen molar-refractivity contribution in [2.24, 2.45) is 0 Å². The van der Waals surface area contributed by atoms with Crippen LogP contribution >= 0.6 is 11.3 Å². The lowest BCUT2D eigenvalue weighted by molar-refractivity contribution is 0.309. The lowest BCUT2D eigenvalue weighted by Crippen LogP contribution is -2.21. The summed E-state index contributed by atoms with van der Waals surface area (Å²) in [6.07, 6.45) is 4.13. The van der Waals surface area contributed by atoms with E-state index in [2.05, 4.69) is 29.4 Å². The van der Waals surface area contributed by atoms with Crippen LogP contribution in [0, 0.1) is 6.92 Å². The summed E-state index contributed by atoms with van der Waals surface area (Å²) < 4.78 is 5.77. The Morgan fingerprint density at radius 3 is 2.65 bits per heavy atom. The molecule has 3 nitrogen and oxygen atoms in total. The molecule has 0 bridgehead atoms. The van der Waals surface area contributed by atoms with Gasteiger partial charge in [-0.2, -0.15) is 0 Å². The molecule has 1 N–H and O–H groups in total. The summed E-state index contributed by atoms with van der Waals surface area (Å²) in [7, 11) is 2.00. The summed E-state index contributed by atoms with van der Waals surface area (Å²) in [4.78, 5) is 5.39. The standard InChI is InChI=1S/C16H22N2OS/c1-12(17-3)4-5-14-6-8-15(9-7-14)19-11-16-10-18-13(2)20-16/h6-10,12,17H,4-5,11H2,1-3H3. The highest BCUT2D eigenvalue weighted by Gasteiger charge is 2.02. The van der Waals surface area contributed by atoms with Gasteiger partial charge in [0.15, 0.2) is 0 Å². The van der Waals surface area contributed by atoms with Crippen LogP contribution in [0.25, 0.3) is 0 Å². The molecule has 0 amide bonds. The molecule has 20 heavy (non-hydrogen) atoms. The van der Waals surface area contributed by atoms with E-state index in [4.69, 9.17) is 4.74 Å². The second kappa shape index (κ2) is 7.41. The van der Waals surface area contributed by atoms with Crippen molar-refractivity contribution in [1.82, 2.24) is 10.3 Å². The quantitative estimate of drug-likeness (QED) is 0.846. The fourth-order valence-corrected chi connectivity index (χ4v) is 2.61. The second-order valence-corrected chi connectivity index (χ2v) is 6.33. The van der Waals surface area contributed by atoms with Gasteiger partial charge in [0, 0.05) is 12.2 Å². The molecule has 0 radical (unpaired) electrons. The van der Waals surface area contributed by atoms with Gasteiger partial charge in [0.2, 0.25) is 0 Å². The van der Waals surface area contributed by atoms with Crippen LogP contribution in [0.3, 0.4) is 0 Å². The molecule has 0 aliphatic carbocycles. The van der Waals surface area contributed by atoms with Gasteiger partial charge >= 0.3 is 0 Å². The van der Waals surface area contributed by atoms with E-state index in [0.717, 1.165) is 28.5 Å². The number of aromatic nitrogens is 1. The van der Waals surface area contributed by atoms with Crippen LogP contribution in [0.5, 0.6) is 5.75 Å². The zero-order valence-electron chi connectivity index (χ0n) is 12.3. The number of nitrogens with one attached hydrogen (secondary N) is 1. The Bertz CT molecular complexity index is 522. The minimum atomic E-state index is 0.556. The van der Waals surface area contributed by atoms with E-state index >= 15 is 0 Å². The molecule has 4 heteroatoms. The predicted octanol–water partition coefficient (Wildman–Crippen LogP) is 3.57. The van der Waals surface area contributed by atoms with Crippen LogP contribution in [0.4, 0.5) is 0 Å². The zero-order valence-corrected chi connectivity index (χ0v) is 13.2. The number of rotatable bonds is 7. The van der Waals surface area contributed by atoms with Gasteiger partial charge in [-0.25, -0.2) is 4.98 Å². The monoisotopic (exact) mass is 290 g/mol. The van der Waals surface area contributed by atoms with E-state index in [1.807, 2.05) is 32.3 Å². The van der Waals surface area contributed by atoms with E-state index in [9.17, 15) is 0 Å². The van der Waals surface area contributed by atoms with Gasteiger partial charge in [-0.05, 0) is 51.4 Å². The third kappa shape index (κ3) is 4.62. The molecule has 0 saturated carbocycles. The molecule has 1 atom stereocenters. The SMILES string of the molecule is CNC(C)CCc1ccc(OCc2cnc(C)s2)cc1. The Kier molecular flexibility index (Phi) is 5.56. The molecule has 0 aliphatic heterocycles. The number of benzene rings is 1. The van der Waals surface area contributed by atoms with Gasteiger partial charge in [0.05, 0.1) is 9.88 Å². The number of aryl methyl sites for hydroxylation is 2. The molecule has 2 rings (SSSR count). The molecule has 0 fully saturated rings. The highest BCUT2D eigenvalue weighted by Crippen LogP contribution is 2.18. The lowest BCUT2D eigenvalue weighted by atomic mass is 10.1. The van der Waals surface area contributed by atoms with Crippen molar-refractivity contribution in [3.05, 3.63) is 45.9 Å². The van der Waals surface area contributed by atoms with Crippen LogP contribution in [-0.4, -0.2) is 18.1 Å². The van der Waals surface area contributed by atoms with E-state index in [0.29, 0.717) is 12.6 Å². The molecular formula is C16H22N2OS. The maximum Gasteiger partial charge on any atom is 0.124 e. The number of thiazole rings is 1. The minimum absolute atomic E-state index is 0.556. The van der Waals surface area contributed by atoms with Crippen LogP contribution in [0.15, 0.2) is 30.5 Å². The minimum Gasteiger partial charge on any atom is -0.488 e. The third-order valence-corrected chi connectivity index (χ3v) is 4.22. The van der Waals surface area contributed by atoms with Gasteiger partial charge in [0.25, 0.3) is 0 Å². The molecule has 1 aromatic carbocycles. The predicted molar refractivity (Wildman–Crippen MR) is 84.5 cm³/mol. The number of hydrogen-bond donors (Lipinski definition) is 1. The highest BCUT2D eigenvalue weighted by atomic mass is 32.1. The van der Waals surface area contributed by atoms with Gasteiger partial charge in [-0.1, -0.05) is 12.1 Å². The fraction of sp³-hybridized carbons (Fsp3) is 0.438. The molecule has 0 spiro atoms. The van der Waals surface area contributed by atoms with Crippen LogP contribution in [-0.2, 0) is 13.0 Å². The van der Waals surface area contributed by atoms with Crippen LogP contribution < -0.4 is 10.1 Å². The van der Waals surface area contributed by atoms with Crippen molar-refractivity contribution >= 4 is 11.3 Å². The first-order chi connectivity index (χ1) is 9.67. The van der Waals surface area contributed by atoms with Crippen molar-refractivity contribution in [3.63, 3.8) is 0 Å². The lowest BCUT2D eigenvalue weighted by Gasteiger charge is -2.10. The Morgan fingerprint density at radius 1 is 1.30 bits per heavy atom. The highest BCUT2D eigenvalue weighted by molar-refractivity contribution is 7.11. The van der Waals surface area contributed by atoms with Gasteiger partial charge in [-0.15, -0.1) is 11.3 Å². The van der Waals surface area contributed by atoms with Gasteiger partial charge in [0.1, 0.15) is 12.4 Å². The summed E-state index contributed by atoms with van der Waals surface area (Å²) in [6.45, 7) is 4.81. The zero-order chi connectivity index (χ0) is 14.4. The number of hydrogen-bond acceptors (Lipinski definition) is 4. The summed E-state index contributed by atoms with van der Waals surface area (Å²) in [5.74, 6) is 0.918. The summed E-state index contributed by atoms with van der Waals surface area (Å²) in [6, 6.07) is 8.95. The Labute approximate surface area is 125 Å². The van der Waals surface area contributed by atoms with E-state index in [1.54, 1.807) is 11.3 Å². The number of nitrogens with zero attached hydrogens (tertiary/aromatic N) is 1. The largest absolute Gasteiger partial charge is 0.488 e. The molecule has 0 saturated heterocycles. The summed E-state index contributed by atoms with van der Waals surface area (Å²) >= 11 is 1.68. The van der Waals surface area contributed by atoms with Gasteiger partial charge < -0.3 is 10.1 Å². The van der Waals surface area contributed by atoms with Crippen LogP contribution in [0.1, 0.15) is 28.8 Å². The van der Waals surface area contributed by atoms with E-state index in [1.165, 1.54) is 5.56 Å². The molecule has 108 valence electrons. The first-order valence-corrected chi connectivity index (χ1v) is 7.79. The normalized spacial score (nSPS) is 12.3. The number of ether oxygens (including phenoxy) is 1. The topological polar surface area (TPSA) is 34.1 Å². The van der Waals surface area contributed by atoms with E-state index in [-0.39, 0.29) is 0 Å². The van der Waals surface area contributed by atoms with Crippen molar-refractivity contribution < 1.29 is 4.74 Å². The average molecular weight is 290 g/mol. The maximum absolute atomic E-state index is 5.77. The molecule has 2 aromatic rings. The maximum atomic E-state index is 5.77. The van der Waals surface area contributed by atoms with E-state index < -0.39 is 0 Å². The molecule has 1 unspecified atom stereocenters. The van der Waals surface area contributed by atoms with Crippen molar-refractivity contribution in [2.45, 2.75) is 39.3 Å². The molecular weight excluding hydrogens is 268 g/mol. The van der Waals surface area contributed by atoms with Crippen molar-refractivity contribution in [1.29, 1.82) is 0 Å². The summed E-state index contributed by atoms with van der Waals surface area (Å²) in [5, 5.41) is 4.34. The Morgan fingerprint density at radius 2 is 2.05 bits per heavy atom. The second-order valence-electron chi connectivity index (χ2n) is 5.01. The summed E-state index contributed by atoms with van der Waals surface area (Å²) in [5.41, 5.74) is 1.35. The Balaban J connectivity index is 1.82. The smallest absolute Gasteiger partial charge is 0.124 e. The molecule has 1 aromatic heterocycles. The van der Waals surface area contributed by atoms with Crippen molar-refractivity contribution in [3.8, 4) is 5.75 Å². The average Bonchev–Trinajstić information content (AvgIpc) is 2.89. The third-order valence-electron chi connectivity index (χ3n) is 3.33. The Hall–Kier alpha value is -1.39.